The SMILES string of the molecule is Cc1[nH]ncc1S(=O)(=O)NC1COCC1C(=O)O. The lowest BCUT2D eigenvalue weighted by Crippen LogP contribution is -2.42. The molecule has 18 heavy (non-hydrogen) atoms. The van der Waals surface area contributed by atoms with Crippen molar-refractivity contribution in [2.45, 2.75) is 17.9 Å². The summed E-state index contributed by atoms with van der Waals surface area (Å²) in [5, 5.41) is 15.1. The number of rotatable bonds is 4. The average molecular weight is 275 g/mol. The van der Waals surface area contributed by atoms with E-state index in [9.17, 15) is 13.2 Å². The number of carboxylic acid groups (broad SMARTS) is 1. The van der Waals surface area contributed by atoms with E-state index in [4.69, 9.17) is 9.84 Å². The molecule has 1 fully saturated rings. The van der Waals surface area contributed by atoms with E-state index in [1.807, 2.05) is 0 Å². The van der Waals surface area contributed by atoms with Gasteiger partial charge in [0.2, 0.25) is 10.0 Å². The second kappa shape index (κ2) is 4.67. The van der Waals surface area contributed by atoms with Gasteiger partial charge in [-0.05, 0) is 6.92 Å². The van der Waals surface area contributed by atoms with Gasteiger partial charge in [-0.25, -0.2) is 13.1 Å². The predicted octanol–water partition coefficient (Wildman–Crippen LogP) is -0.904. The van der Waals surface area contributed by atoms with E-state index in [2.05, 4.69) is 14.9 Å². The van der Waals surface area contributed by atoms with Gasteiger partial charge in [0, 0.05) is 0 Å². The van der Waals surface area contributed by atoms with Gasteiger partial charge in [0.15, 0.2) is 0 Å². The molecule has 100 valence electrons. The first-order valence-electron chi connectivity index (χ1n) is 5.24. The third kappa shape index (κ3) is 2.37. The van der Waals surface area contributed by atoms with Gasteiger partial charge in [0.25, 0.3) is 0 Å². The van der Waals surface area contributed by atoms with E-state index in [1.54, 1.807) is 6.92 Å². The molecule has 1 aliphatic heterocycles. The van der Waals surface area contributed by atoms with Crippen LogP contribution in [0.15, 0.2) is 11.1 Å². The van der Waals surface area contributed by atoms with Crippen LogP contribution in [-0.4, -0.2) is 48.9 Å². The van der Waals surface area contributed by atoms with E-state index in [1.165, 1.54) is 6.20 Å². The van der Waals surface area contributed by atoms with Crippen LogP contribution in [0.25, 0.3) is 0 Å². The molecule has 1 aromatic rings. The Labute approximate surface area is 103 Å². The van der Waals surface area contributed by atoms with Gasteiger partial charge in [-0.2, -0.15) is 5.10 Å². The van der Waals surface area contributed by atoms with Gasteiger partial charge < -0.3 is 9.84 Å². The standard InChI is InChI=1S/C9H13N3O5S/c1-5-8(2-10-11-5)18(15,16)12-7-4-17-3-6(7)9(13)14/h2,6-7,12H,3-4H2,1H3,(H,10,11)(H,13,14). The van der Waals surface area contributed by atoms with Crippen molar-refractivity contribution >= 4 is 16.0 Å². The van der Waals surface area contributed by atoms with Gasteiger partial charge in [0.1, 0.15) is 4.90 Å². The smallest absolute Gasteiger partial charge is 0.310 e. The number of aryl methyl sites for hydroxylation is 1. The minimum absolute atomic E-state index is 0.00683. The normalized spacial score (nSPS) is 24.3. The van der Waals surface area contributed by atoms with Crippen LogP contribution in [0.5, 0.6) is 0 Å². The van der Waals surface area contributed by atoms with Crippen LogP contribution in [0.4, 0.5) is 0 Å². The minimum Gasteiger partial charge on any atom is -0.481 e. The zero-order valence-corrected chi connectivity index (χ0v) is 10.4. The molecule has 0 radical (unpaired) electrons. The number of aromatic nitrogens is 2. The highest BCUT2D eigenvalue weighted by molar-refractivity contribution is 7.89. The number of nitrogens with zero attached hydrogens (tertiary/aromatic N) is 1. The molecule has 1 aliphatic rings. The molecule has 0 bridgehead atoms. The molecule has 8 nitrogen and oxygen atoms in total. The Morgan fingerprint density at radius 2 is 2.33 bits per heavy atom. The maximum Gasteiger partial charge on any atom is 0.310 e. The Bertz CT molecular complexity index is 552. The summed E-state index contributed by atoms with van der Waals surface area (Å²) in [7, 11) is -3.78. The summed E-state index contributed by atoms with van der Waals surface area (Å²) in [6.45, 7) is 1.63. The minimum atomic E-state index is -3.78. The fourth-order valence-corrected chi connectivity index (χ4v) is 3.19. The Morgan fingerprint density at radius 1 is 1.61 bits per heavy atom. The fraction of sp³-hybridized carbons (Fsp3) is 0.556. The zero-order chi connectivity index (χ0) is 13.3. The van der Waals surface area contributed by atoms with Crippen LogP contribution in [-0.2, 0) is 19.6 Å². The number of carbonyl (C=O) groups is 1. The number of aliphatic carboxylic acids is 1. The van der Waals surface area contributed by atoms with Gasteiger partial charge in [-0.15, -0.1) is 0 Å². The molecule has 2 rings (SSSR count). The molecular weight excluding hydrogens is 262 g/mol. The first kappa shape index (κ1) is 13.0. The molecule has 3 N–H and O–H groups in total. The first-order chi connectivity index (χ1) is 8.42. The maximum atomic E-state index is 12.0. The van der Waals surface area contributed by atoms with Gasteiger partial charge >= 0.3 is 5.97 Å². The van der Waals surface area contributed by atoms with Crippen LogP contribution in [0, 0.1) is 12.8 Å². The fourth-order valence-electron chi connectivity index (χ4n) is 1.79. The Kier molecular flexibility index (Phi) is 3.37. The molecule has 0 aliphatic carbocycles. The summed E-state index contributed by atoms with van der Waals surface area (Å²) in [4.78, 5) is 10.9. The third-order valence-electron chi connectivity index (χ3n) is 2.78. The van der Waals surface area contributed by atoms with E-state index >= 15 is 0 Å². The van der Waals surface area contributed by atoms with Crippen molar-refractivity contribution in [3.63, 3.8) is 0 Å². The van der Waals surface area contributed by atoms with Crippen LogP contribution in [0.2, 0.25) is 0 Å². The van der Waals surface area contributed by atoms with Crippen molar-refractivity contribution in [1.82, 2.24) is 14.9 Å². The molecule has 2 unspecified atom stereocenters. The molecule has 1 saturated heterocycles. The number of hydrogen-bond acceptors (Lipinski definition) is 5. The number of aromatic amines is 1. The van der Waals surface area contributed by atoms with Crippen molar-refractivity contribution in [2.24, 2.45) is 5.92 Å². The lowest BCUT2D eigenvalue weighted by Gasteiger charge is -2.15. The van der Waals surface area contributed by atoms with Crippen molar-refractivity contribution < 1.29 is 23.1 Å². The summed E-state index contributed by atoms with van der Waals surface area (Å²) in [5.74, 6) is -1.95. The van der Waals surface area contributed by atoms with Crippen molar-refractivity contribution in [3.05, 3.63) is 11.9 Å². The van der Waals surface area contributed by atoms with E-state index in [-0.39, 0.29) is 18.1 Å². The molecule has 9 heteroatoms. The number of hydrogen-bond donors (Lipinski definition) is 3. The Morgan fingerprint density at radius 3 is 2.89 bits per heavy atom. The van der Waals surface area contributed by atoms with Gasteiger partial charge in [-0.1, -0.05) is 0 Å². The lowest BCUT2D eigenvalue weighted by atomic mass is 10.1. The Hall–Kier alpha value is -1.45. The number of H-pyrrole nitrogens is 1. The third-order valence-corrected chi connectivity index (χ3v) is 4.38. The highest BCUT2D eigenvalue weighted by atomic mass is 32.2. The summed E-state index contributed by atoms with van der Waals surface area (Å²) in [6.07, 6.45) is 1.18. The van der Waals surface area contributed by atoms with Gasteiger partial charge in [0.05, 0.1) is 37.1 Å². The van der Waals surface area contributed by atoms with Crippen molar-refractivity contribution in [1.29, 1.82) is 0 Å². The van der Waals surface area contributed by atoms with E-state index in [0.29, 0.717) is 5.69 Å². The largest absolute Gasteiger partial charge is 0.481 e. The summed E-state index contributed by atoms with van der Waals surface area (Å²) >= 11 is 0. The zero-order valence-electron chi connectivity index (χ0n) is 9.58. The average Bonchev–Trinajstić information content (AvgIpc) is 2.86. The molecule has 0 amide bonds. The number of carboxylic acids is 1. The van der Waals surface area contributed by atoms with Crippen molar-refractivity contribution in [2.75, 3.05) is 13.2 Å². The number of sulfonamides is 1. The monoisotopic (exact) mass is 275 g/mol. The van der Waals surface area contributed by atoms with Crippen LogP contribution >= 0.6 is 0 Å². The number of nitrogens with one attached hydrogen (secondary N) is 2. The molecule has 0 spiro atoms. The molecule has 0 saturated carbocycles. The van der Waals surface area contributed by atoms with Crippen molar-refractivity contribution in [3.8, 4) is 0 Å². The second-order valence-electron chi connectivity index (χ2n) is 4.07. The topological polar surface area (TPSA) is 121 Å². The highest BCUT2D eigenvalue weighted by Gasteiger charge is 2.37. The van der Waals surface area contributed by atoms with Crippen LogP contribution in [0.1, 0.15) is 5.69 Å². The molecule has 2 atom stereocenters. The summed E-state index contributed by atoms with van der Waals surface area (Å²) in [5.41, 5.74) is 0.397. The molecular formula is C9H13N3O5S. The highest BCUT2D eigenvalue weighted by Crippen LogP contribution is 2.18. The second-order valence-corrected chi connectivity index (χ2v) is 5.75. The van der Waals surface area contributed by atoms with Crippen LogP contribution < -0.4 is 4.72 Å². The number of ether oxygens (including phenoxy) is 1. The van der Waals surface area contributed by atoms with E-state index < -0.39 is 28.0 Å². The molecule has 1 aromatic heterocycles. The Balaban J connectivity index is 2.19. The van der Waals surface area contributed by atoms with Gasteiger partial charge in [-0.3, -0.25) is 9.89 Å². The maximum absolute atomic E-state index is 12.0. The lowest BCUT2D eigenvalue weighted by molar-refractivity contribution is -0.142. The molecule has 2 heterocycles. The van der Waals surface area contributed by atoms with Crippen LogP contribution in [0.3, 0.4) is 0 Å². The summed E-state index contributed by atoms with van der Waals surface area (Å²) < 4.78 is 31.4. The summed E-state index contributed by atoms with van der Waals surface area (Å²) in [6, 6.07) is -0.762. The molecule has 0 aromatic carbocycles. The quantitative estimate of drug-likeness (QED) is 0.654. The predicted molar refractivity (Wildman–Crippen MR) is 59.4 cm³/mol. The first-order valence-corrected chi connectivity index (χ1v) is 6.73. The van der Waals surface area contributed by atoms with E-state index in [0.717, 1.165) is 0 Å².